The van der Waals surface area contributed by atoms with Crippen molar-refractivity contribution in [3.05, 3.63) is 81.3 Å². The van der Waals surface area contributed by atoms with Crippen LogP contribution in [0.5, 0.6) is 0 Å². The molecule has 0 unspecified atom stereocenters. The largest absolute Gasteiger partial charge is 0.345 e. The summed E-state index contributed by atoms with van der Waals surface area (Å²) in [6.07, 6.45) is 0.814. The van der Waals surface area contributed by atoms with Gasteiger partial charge in [-0.2, -0.15) is 0 Å². The van der Waals surface area contributed by atoms with E-state index in [0.29, 0.717) is 10.6 Å². The molecule has 6 heteroatoms. The summed E-state index contributed by atoms with van der Waals surface area (Å²) < 4.78 is 0. The highest BCUT2D eigenvalue weighted by Crippen LogP contribution is 2.24. The van der Waals surface area contributed by atoms with Crippen LogP contribution in [-0.2, 0) is 5.75 Å². The van der Waals surface area contributed by atoms with Crippen molar-refractivity contribution in [2.24, 2.45) is 0 Å². The number of halogens is 1. The Morgan fingerprint density at radius 1 is 1.19 bits per heavy atom. The number of carbonyl (C=O) groups excluding carboxylic acids is 1. The normalized spacial score (nSPS) is 11.9. The fourth-order valence-corrected chi connectivity index (χ4v) is 4.12. The van der Waals surface area contributed by atoms with Crippen molar-refractivity contribution >= 4 is 40.6 Å². The lowest BCUT2D eigenvalue weighted by Gasteiger charge is -2.17. The van der Waals surface area contributed by atoms with Gasteiger partial charge in [0, 0.05) is 26.6 Å². The Balaban J connectivity index is 1.60. The molecule has 26 heavy (non-hydrogen) atoms. The standard InChI is InChI=1S/C20H19ClN2OS2/c1-2-19(14-3-7-16(21)8-4-14)23-20(24)15-5-9-18(10-6-15)26-12-17-11-25-13-22-17/h3-11,13,19H,2,12H2,1H3,(H,23,24)/t19-/m0/s1. The van der Waals surface area contributed by atoms with Crippen LogP contribution in [0.25, 0.3) is 0 Å². The lowest BCUT2D eigenvalue weighted by atomic mass is 10.0. The van der Waals surface area contributed by atoms with Gasteiger partial charge in [-0.3, -0.25) is 4.79 Å². The first-order chi connectivity index (χ1) is 12.7. The molecule has 3 aromatic rings. The minimum absolute atomic E-state index is 0.0292. The Labute approximate surface area is 166 Å². The number of hydrogen-bond donors (Lipinski definition) is 1. The molecule has 0 aliphatic carbocycles. The van der Waals surface area contributed by atoms with Gasteiger partial charge < -0.3 is 5.32 Å². The molecule has 1 atom stereocenters. The average Bonchev–Trinajstić information content (AvgIpc) is 3.19. The highest BCUT2D eigenvalue weighted by molar-refractivity contribution is 7.98. The fourth-order valence-electron chi connectivity index (χ4n) is 2.53. The average molecular weight is 403 g/mol. The topological polar surface area (TPSA) is 42.0 Å². The van der Waals surface area contributed by atoms with E-state index >= 15 is 0 Å². The van der Waals surface area contributed by atoms with E-state index in [0.717, 1.165) is 28.3 Å². The van der Waals surface area contributed by atoms with Gasteiger partial charge in [0.2, 0.25) is 0 Å². The van der Waals surface area contributed by atoms with Crippen LogP contribution in [0.15, 0.2) is 64.3 Å². The third kappa shape index (κ3) is 5.10. The zero-order valence-electron chi connectivity index (χ0n) is 14.3. The molecule has 2 aromatic carbocycles. The molecule has 3 nitrogen and oxygen atoms in total. The molecule has 0 radical (unpaired) electrons. The Morgan fingerprint density at radius 3 is 2.54 bits per heavy atom. The number of benzene rings is 2. The van der Waals surface area contributed by atoms with Gasteiger partial charge in [0.1, 0.15) is 0 Å². The number of rotatable bonds is 7. The number of carbonyl (C=O) groups is 1. The van der Waals surface area contributed by atoms with Crippen molar-refractivity contribution in [3.8, 4) is 0 Å². The van der Waals surface area contributed by atoms with Gasteiger partial charge in [0.05, 0.1) is 17.2 Å². The molecule has 1 amide bonds. The number of amides is 1. The summed E-state index contributed by atoms with van der Waals surface area (Å²) in [5, 5.41) is 5.84. The van der Waals surface area contributed by atoms with Gasteiger partial charge in [-0.1, -0.05) is 30.7 Å². The van der Waals surface area contributed by atoms with Crippen molar-refractivity contribution < 1.29 is 4.79 Å². The Morgan fingerprint density at radius 2 is 1.92 bits per heavy atom. The molecule has 0 saturated carbocycles. The molecule has 1 aromatic heterocycles. The number of hydrogen-bond acceptors (Lipinski definition) is 4. The Kier molecular flexibility index (Phi) is 6.72. The predicted octanol–water partition coefficient (Wildman–Crippen LogP) is 5.97. The summed E-state index contributed by atoms with van der Waals surface area (Å²) in [5.41, 5.74) is 4.64. The summed E-state index contributed by atoms with van der Waals surface area (Å²) in [7, 11) is 0. The number of aromatic nitrogens is 1. The van der Waals surface area contributed by atoms with Crippen molar-refractivity contribution in [1.29, 1.82) is 0 Å². The fraction of sp³-hybridized carbons (Fsp3) is 0.200. The smallest absolute Gasteiger partial charge is 0.251 e. The molecule has 1 heterocycles. The molecule has 0 bridgehead atoms. The molecule has 0 aliphatic heterocycles. The summed E-state index contributed by atoms with van der Waals surface area (Å²) in [4.78, 5) is 18.0. The van der Waals surface area contributed by atoms with Gasteiger partial charge >= 0.3 is 0 Å². The molecular formula is C20H19ClN2OS2. The van der Waals surface area contributed by atoms with E-state index in [1.165, 1.54) is 0 Å². The van der Waals surface area contributed by atoms with Crippen LogP contribution in [0.3, 0.4) is 0 Å². The highest BCUT2D eigenvalue weighted by Gasteiger charge is 2.14. The summed E-state index contributed by atoms with van der Waals surface area (Å²) in [6.45, 7) is 2.05. The van der Waals surface area contributed by atoms with E-state index in [-0.39, 0.29) is 11.9 Å². The van der Waals surface area contributed by atoms with Crippen molar-refractivity contribution in [2.45, 2.75) is 30.0 Å². The van der Waals surface area contributed by atoms with E-state index in [4.69, 9.17) is 11.6 Å². The SMILES string of the molecule is CC[C@H](NC(=O)c1ccc(SCc2cscn2)cc1)c1ccc(Cl)cc1. The monoisotopic (exact) mass is 402 g/mol. The minimum Gasteiger partial charge on any atom is -0.345 e. The van der Waals surface area contributed by atoms with E-state index in [9.17, 15) is 4.79 Å². The van der Waals surface area contributed by atoms with Gasteiger partial charge in [0.25, 0.3) is 5.91 Å². The van der Waals surface area contributed by atoms with Crippen LogP contribution in [0.1, 0.15) is 41.0 Å². The number of thioether (sulfide) groups is 1. The number of nitrogens with one attached hydrogen (secondary N) is 1. The van der Waals surface area contributed by atoms with Crippen LogP contribution in [0, 0.1) is 0 Å². The molecular weight excluding hydrogens is 384 g/mol. The molecule has 0 fully saturated rings. The third-order valence-electron chi connectivity index (χ3n) is 3.97. The van der Waals surface area contributed by atoms with E-state index in [2.05, 4.69) is 22.6 Å². The quantitative estimate of drug-likeness (QED) is 0.495. The molecule has 3 rings (SSSR count). The molecule has 0 aliphatic rings. The Hall–Kier alpha value is -1.82. The lowest BCUT2D eigenvalue weighted by Crippen LogP contribution is -2.28. The van der Waals surface area contributed by atoms with E-state index in [1.54, 1.807) is 23.1 Å². The van der Waals surface area contributed by atoms with E-state index in [1.807, 2.05) is 54.0 Å². The van der Waals surface area contributed by atoms with Crippen molar-refractivity contribution in [1.82, 2.24) is 10.3 Å². The van der Waals surface area contributed by atoms with Crippen LogP contribution in [0.4, 0.5) is 0 Å². The van der Waals surface area contributed by atoms with Gasteiger partial charge in [0.15, 0.2) is 0 Å². The van der Waals surface area contributed by atoms with Crippen molar-refractivity contribution in [2.75, 3.05) is 0 Å². The summed E-state index contributed by atoms with van der Waals surface area (Å²) >= 11 is 9.26. The van der Waals surface area contributed by atoms with Crippen LogP contribution in [0.2, 0.25) is 5.02 Å². The highest BCUT2D eigenvalue weighted by atomic mass is 35.5. The maximum absolute atomic E-state index is 12.6. The Bertz CT molecular complexity index is 833. The second kappa shape index (κ2) is 9.21. The first kappa shape index (κ1) is 19.0. The second-order valence-corrected chi connectivity index (χ2v) is 7.98. The van der Waals surface area contributed by atoms with Crippen LogP contribution >= 0.6 is 34.7 Å². The van der Waals surface area contributed by atoms with Crippen molar-refractivity contribution in [3.63, 3.8) is 0 Å². The van der Waals surface area contributed by atoms with E-state index < -0.39 is 0 Å². The summed E-state index contributed by atoms with van der Waals surface area (Å²) in [6, 6.07) is 15.3. The maximum Gasteiger partial charge on any atom is 0.251 e. The zero-order chi connectivity index (χ0) is 18.4. The predicted molar refractivity (Wildman–Crippen MR) is 110 cm³/mol. The number of nitrogens with zero attached hydrogens (tertiary/aromatic N) is 1. The first-order valence-corrected chi connectivity index (χ1v) is 10.6. The first-order valence-electron chi connectivity index (χ1n) is 8.32. The second-order valence-electron chi connectivity index (χ2n) is 5.78. The van der Waals surface area contributed by atoms with Gasteiger partial charge in [-0.05, 0) is 48.4 Å². The summed E-state index contributed by atoms with van der Waals surface area (Å²) in [5.74, 6) is 0.770. The molecule has 134 valence electrons. The van der Waals surface area contributed by atoms with Crippen LogP contribution in [-0.4, -0.2) is 10.9 Å². The number of thiazole rings is 1. The molecule has 0 saturated heterocycles. The maximum atomic E-state index is 12.6. The molecule has 0 spiro atoms. The van der Waals surface area contributed by atoms with Gasteiger partial charge in [-0.15, -0.1) is 23.1 Å². The van der Waals surface area contributed by atoms with Gasteiger partial charge in [-0.25, -0.2) is 4.98 Å². The van der Waals surface area contributed by atoms with Crippen LogP contribution < -0.4 is 5.32 Å². The minimum atomic E-state index is -0.0668. The lowest BCUT2D eigenvalue weighted by molar-refractivity contribution is 0.0935. The zero-order valence-corrected chi connectivity index (χ0v) is 16.7. The third-order valence-corrected chi connectivity index (χ3v) is 5.91. The molecule has 1 N–H and O–H groups in total.